The van der Waals surface area contributed by atoms with E-state index in [0.29, 0.717) is 16.5 Å². The third-order valence-corrected chi connectivity index (χ3v) is 5.90. The standard InChI is InChI=1S/C19H17FN2O2S.ClH/c20-18-7-8-19(17-4-2-1-3-16(17)18)25(23,24)22-15-6-5-14-12-21-10-9-13(14)11-15;/h1-8,11,21-22H,9-10,12H2;1H. The summed E-state index contributed by atoms with van der Waals surface area (Å²) in [7, 11) is -3.82. The van der Waals surface area contributed by atoms with Crippen LogP contribution in [0.3, 0.4) is 0 Å². The van der Waals surface area contributed by atoms with Gasteiger partial charge in [-0.2, -0.15) is 0 Å². The number of sulfonamides is 1. The van der Waals surface area contributed by atoms with E-state index >= 15 is 0 Å². The molecule has 0 bridgehead atoms. The Morgan fingerprint density at radius 1 is 0.962 bits per heavy atom. The van der Waals surface area contributed by atoms with Crippen LogP contribution in [0.4, 0.5) is 10.1 Å². The van der Waals surface area contributed by atoms with Gasteiger partial charge in [-0.3, -0.25) is 4.72 Å². The lowest BCUT2D eigenvalue weighted by molar-refractivity contribution is 0.601. The second kappa shape index (κ2) is 7.23. The van der Waals surface area contributed by atoms with Gasteiger partial charge < -0.3 is 5.32 Å². The molecule has 26 heavy (non-hydrogen) atoms. The van der Waals surface area contributed by atoms with Gasteiger partial charge in [0.2, 0.25) is 0 Å². The van der Waals surface area contributed by atoms with Crippen LogP contribution >= 0.6 is 12.4 Å². The number of rotatable bonds is 3. The fourth-order valence-corrected chi connectivity index (χ4v) is 4.48. The van der Waals surface area contributed by atoms with Crippen LogP contribution in [-0.2, 0) is 23.0 Å². The van der Waals surface area contributed by atoms with Gasteiger partial charge in [0.05, 0.1) is 4.90 Å². The average molecular weight is 393 g/mol. The van der Waals surface area contributed by atoms with Crippen LogP contribution in [0, 0.1) is 5.82 Å². The molecule has 0 unspecified atom stereocenters. The van der Waals surface area contributed by atoms with Crippen molar-refractivity contribution in [2.45, 2.75) is 17.9 Å². The minimum Gasteiger partial charge on any atom is -0.312 e. The number of fused-ring (bicyclic) bond motifs is 2. The van der Waals surface area contributed by atoms with Crippen molar-refractivity contribution < 1.29 is 12.8 Å². The highest BCUT2D eigenvalue weighted by Gasteiger charge is 2.19. The van der Waals surface area contributed by atoms with E-state index in [4.69, 9.17) is 0 Å². The molecule has 0 fully saturated rings. The monoisotopic (exact) mass is 392 g/mol. The Morgan fingerprint density at radius 3 is 2.54 bits per heavy atom. The van der Waals surface area contributed by atoms with Crippen LogP contribution in [0.25, 0.3) is 10.8 Å². The highest BCUT2D eigenvalue weighted by molar-refractivity contribution is 7.93. The Kier molecular flexibility index (Phi) is 5.18. The van der Waals surface area contributed by atoms with Crippen molar-refractivity contribution in [1.82, 2.24) is 5.32 Å². The first kappa shape index (κ1) is 18.6. The Balaban J connectivity index is 0.00000196. The normalized spacial score (nSPS) is 13.7. The molecular formula is C19H18ClFN2O2S. The van der Waals surface area contributed by atoms with Crippen LogP contribution in [0.15, 0.2) is 59.5 Å². The summed E-state index contributed by atoms with van der Waals surface area (Å²) >= 11 is 0. The molecule has 1 heterocycles. The van der Waals surface area contributed by atoms with Crippen LogP contribution in [0.1, 0.15) is 11.1 Å². The Hall–Kier alpha value is -2.15. The van der Waals surface area contributed by atoms with E-state index in [2.05, 4.69) is 10.0 Å². The molecule has 0 aliphatic carbocycles. The van der Waals surface area contributed by atoms with E-state index in [9.17, 15) is 12.8 Å². The molecule has 0 radical (unpaired) electrons. The lowest BCUT2D eigenvalue weighted by Crippen LogP contribution is -2.23. The molecule has 0 aromatic heterocycles. The Bertz CT molecular complexity index is 1070. The van der Waals surface area contributed by atoms with Gasteiger partial charge in [-0.1, -0.05) is 30.3 Å². The van der Waals surface area contributed by atoms with E-state index in [1.165, 1.54) is 17.7 Å². The second-order valence-corrected chi connectivity index (χ2v) is 7.76. The van der Waals surface area contributed by atoms with Crippen molar-refractivity contribution in [2.24, 2.45) is 0 Å². The van der Waals surface area contributed by atoms with Crippen molar-refractivity contribution in [3.63, 3.8) is 0 Å². The quantitative estimate of drug-likeness (QED) is 0.711. The largest absolute Gasteiger partial charge is 0.312 e. The van der Waals surface area contributed by atoms with Gasteiger partial charge in [0, 0.05) is 23.0 Å². The predicted molar refractivity (Wildman–Crippen MR) is 104 cm³/mol. The highest BCUT2D eigenvalue weighted by atomic mass is 35.5. The lowest BCUT2D eigenvalue weighted by Gasteiger charge is -2.18. The van der Waals surface area contributed by atoms with Crippen molar-refractivity contribution >= 4 is 38.9 Å². The molecule has 136 valence electrons. The molecule has 4 rings (SSSR count). The van der Waals surface area contributed by atoms with Crippen LogP contribution in [-0.4, -0.2) is 15.0 Å². The summed E-state index contributed by atoms with van der Waals surface area (Å²) in [6.07, 6.45) is 0.865. The van der Waals surface area contributed by atoms with Gasteiger partial charge in [0.1, 0.15) is 5.82 Å². The molecule has 0 atom stereocenters. The maximum atomic E-state index is 13.9. The first-order valence-corrected chi connectivity index (χ1v) is 9.55. The van der Waals surface area contributed by atoms with Crippen molar-refractivity contribution in [3.05, 3.63) is 71.5 Å². The third kappa shape index (κ3) is 3.40. The molecule has 4 nitrogen and oxygen atoms in total. The van der Waals surface area contributed by atoms with Crippen molar-refractivity contribution in [1.29, 1.82) is 0 Å². The number of benzene rings is 3. The van der Waals surface area contributed by atoms with Gasteiger partial charge in [-0.25, -0.2) is 12.8 Å². The van der Waals surface area contributed by atoms with E-state index in [-0.39, 0.29) is 17.3 Å². The smallest absolute Gasteiger partial charge is 0.262 e. The van der Waals surface area contributed by atoms with Gasteiger partial charge in [0.25, 0.3) is 10.0 Å². The maximum Gasteiger partial charge on any atom is 0.262 e. The predicted octanol–water partition coefficient (Wildman–Crippen LogP) is 3.85. The minimum absolute atomic E-state index is 0. The van der Waals surface area contributed by atoms with Gasteiger partial charge in [-0.05, 0) is 48.4 Å². The zero-order chi connectivity index (χ0) is 17.4. The number of nitrogens with one attached hydrogen (secondary N) is 2. The van der Waals surface area contributed by atoms with E-state index < -0.39 is 15.8 Å². The van der Waals surface area contributed by atoms with Crippen LogP contribution in [0.5, 0.6) is 0 Å². The summed E-state index contributed by atoms with van der Waals surface area (Å²) in [4.78, 5) is 0.0730. The average Bonchev–Trinajstić information content (AvgIpc) is 2.61. The molecule has 7 heteroatoms. The number of halogens is 2. The molecule has 0 saturated heterocycles. The topological polar surface area (TPSA) is 58.2 Å². The summed E-state index contributed by atoms with van der Waals surface area (Å²) in [5, 5.41) is 3.95. The van der Waals surface area contributed by atoms with E-state index in [1.807, 2.05) is 12.1 Å². The molecule has 0 amide bonds. The fraction of sp³-hybridized carbons (Fsp3) is 0.158. The summed E-state index contributed by atoms with van der Waals surface area (Å²) in [5.41, 5.74) is 2.85. The van der Waals surface area contributed by atoms with Crippen molar-refractivity contribution in [3.8, 4) is 0 Å². The summed E-state index contributed by atoms with van der Waals surface area (Å²) in [5.74, 6) is -0.434. The van der Waals surface area contributed by atoms with Crippen LogP contribution < -0.4 is 10.0 Å². The molecule has 2 N–H and O–H groups in total. The second-order valence-electron chi connectivity index (χ2n) is 6.11. The minimum atomic E-state index is -3.82. The zero-order valence-corrected chi connectivity index (χ0v) is 15.5. The molecular weight excluding hydrogens is 375 g/mol. The molecule has 1 aliphatic heterocycles. The molecule has 1 aliphatic rings. The van der Waals surface area contributed by atoms with Gasteiger partial charge in [-0.15, -0.1) is 12.4 Å². The van der Waals surface area contributed by atoms with Gasteiger partial charge >= 0.3 is 0 Å². The first-order chi connectivity index (χ1) is 12.0. The van der Waals surface area contributed by atoms with E-state index in [0.717, 1.165) is 25.1 Å². The van der Waals surface area contributed by atoms with Crippen LogP contribution in [0.2, 0.25) is 0 Å². The summed E-state index contributed by atoms with van der Waals surface area (Å²) in [6.45, 7) is 1.68. The molecule has 3 aromatic carbocycles. The molecule has 3 aromatic rings. The Labute approximate surface area is 157 Å². The molecule has 0 spiro atoms. The lowest BCUT2D eigenvalue weighted by atomic mass is 10.0. The number of hydrogen-bond donors (Lipinski definition) is 2. The fourth-order valence-electron chi connectivity index (χ4n) is 3.22. The summed E-state index contributed by atoms with van der Waals surface area (Å²) < 4.78 is 42.3. The molecule has 0 saturated carbocycles. The number of anilines is 1. The summed E-state index contributed by atoms with van der Waals surface area (Å²) in [6, 6.07) is 14.6. The third-order valence-electron chi connectivity index (χ3n) is 4.47. The highest BCUT2D eigenvalue weighted by Crippen LogP contribution is 2.28. The van der Waals surface area contributed by atoms with Crippen molar-refractivity contribution in [2.75, 3.05) is 11.3 Å². The van der Waals surface area contributed by atoms with Gasteiger partial charge in [0.15, 0.2) is 0 Å². The van der Waals surface area contributed by atoms with E-state index in [1.54, 1.807) is 30.3 Å². The SMILES string of the molecule is Cl.O=S(=O)(Nc1ccc2c(c1)CCNC2)c1ccc(F)c2ccccc12. The Morgan fingerprint density at radius 2 is 1.73 bits per heavy atom. The zero-order valence-electron chi connectivity index (χ0n) is 13.8. The maximum absolute atomic E-state index is 13.9. The first-order valence-electron chi connectivity index (χ1n) is 8.07. The number of hydrogen-bond acceptors (Lipinski definition) is 3.